The van der Waals surface area contributed by atoms with Crippen molar-refractivity contribution < 1.29 is 33.3 Å². The molecule has 2 aromatic heterocycles. The first-order chi connectivity index (χ1) is 20.7. The summed E-state index contributed by atoms with van der Waals surface area (Å²) in [6.07, 6.45) is 1.63. The number of esters is 1. The van der Waals surface area contributed by atoms with Crippen molar-refractivity contribution >= 4 is 29.4 Å². The van der Waals surface area contributed by atoms with Crippen LogP contribution in [0.5, 0.6) is 11.5 Å². The quantitative estimate of drug-likeness (QED) is 0.262. The highest BCUT2D eigenvalue weighted by atomic mass is 32.1. The van der Waals surface area contributed by atoms with E-state index >= 15 is 0 Å². The minimum atomic E-state index is -1.01. The van der Waals surface area contributed by atoms with Gasteiger partial charge in [0.25, 0.3) is 5.56 Å². The number of fused-ring (bicyclic) bond motifs is 1. The van der Waals surface area contributed by atoms with Crippen LogP contribution in [0.1, 0.15) is 55.4 Å². The molecule has 0 radical (unpaired) electrons. The Morgan fingerprint density at radius 2 is 1.72 bits per heavy atom. The molecule has 11 heteroatoms. The zero-order valence-electron chi connectivity index (χ0n) is 24.1. The number of thiazole rings is 1. The second-order valence-corrected chi connectivity index (χ2v) is 10.5. The number of carbonyl (C=O) groups is 2. The summed E-state index contributed by atoms with van der Waals surface area (Å²) in [6, 6.07) is 14.3. The number of nitrogens with zero attached hydrogens (tertiary/aromatic N) is 2. The van der Waals surface area contributed by atoms with Gasteiger partial charge >= 0.3 is 11.9 Å². The minimum absolute atomic E-state index is 0.167. The third kappa shape index (κ3) is 5.89. The van der Waals surface area contributed by atoms with Gasteiger partial charge in [0.15, 0.2) is 16.3 Å². The zero-order valence-corrected chi connectivity index (χ0v) is 24.9. The van der Waals surface area contributed by atoms with Crippen LogP contribution >= 0.6 is 11.3 Å². The fourth-order valence-corrected chi connectivity index (χ4v) is 5.86. The Kier molecular flexibility index (Phi) is 8.63. The maximum atomic E-state index is 13.9. The Labute approximate surface area is 250 Å². The molecule has 0 spiro atoms. The van der Waals surface area contributed by atoms with E-state index in [4.69, 9.17) is 23.7 Å². The summed E-state index contributed by atoms with van der Waals surface area (Å²) in [4.78, 5) is 43.4. The summed E-state index contributed by atoms with van der Waals surface area (Å²) in [5, 5.41) is 9.16. The Morgan fingerprint density at radius 1 is 1.00 bits per heavy atom. The van der Waals surface area contributed by atoms with Crippen LogP contribution in [0.2, 0.25) is 0 Å². The average Bonchev–Trinajstić information content (AvgIpc) is 3.57. The zero-order chi connectivity index (χ0) is 30.7. The molecule has 0 amide bonds. The van der Waals surface area contributed by atoms with E-state index in [-0.39, 0.29) is 23.3 Å². The van der Waals surface area contributed by atoms with Gasteiger partial charge in [0.2, 0.25) is 0 Å². The van der Waals surface area contributed by atoms with E-state index in [1.165, 1.54) is 28.0 Å². The topological polar surface area (TPSA) is 130 Å². The van der Waals surface area contributed by atoms with Gasteiger partial charge in [0.1, 0.15) is 11.5 Å². The van der Waals surface area contributed by atoms with Crippen molar-refractivity contribution in [3.63, 3.8) is 0 Å². The average molecular weight is 603 g/mol. The van der Waals surface area contributed by atoms with Crippen LogP contribution in [0.25, 0.3) is 17.4 Å². The van der Waals surface area contributed by atoms with E-state index in [0.717, 1.165) is 0 Å². The summed E-state index contributed by atoms with van der Waals surface area (Å²) in [6.45, 7) is 8.21. The highest BCUT2D eigenvalue weighted by molar-refractivity contribution is 7.07. The predicted octanol–water partition coefficient (Wildman–Crippen LogP) is 4.55. The molecule has 1 N–H and O–H groups in total. The monoisotopic (exact) mass is 602 g/mol. The van der Waals surface area contributed by atoms with Crippen molar-refractivity contribution in [1.29, 1.82) is 0 Å². The molecule has 0 bridgehead atoms. The number of ether oxygens (including phenoxy) is 3. The molecule has 43 heavy (non-hydrogen) atoms. The number of carboxylic acid groups (broad SMARTS) is 1. The van der Waals surface area contributed by atoms with Crippen LogP contribution in [0.15, 0.2) is 80.1 Å². The van der Waals surface area contributed by atoms with Crippen molar-refractivity contribution in [3.05, 3.63) is 102 Å². The molecule has 1 aliphatic rings. The fraction of sp³-hybridized carbons (Fsp3) is 0.250. The number of furan rings is 1. The first kappa shape index (κ1) is 29.6. The Morgan fingerprint density at radius 3 is 2.40 bits per heavy atom. The lowest BCUT2D eigenvalue weighted by Crippen LogP contribution is -2.40. The number of hydrogen-bond acceptors (Lipinski definition) is 9. The number of hydrogen-bond donors (Lipinski definition) is 1. The lowest BCUT2D eigenvalue weighted by molar-refractivity contribution is -0.139. The lowest BCUT2D eigenvalue weighted by Gasteiger charge is -2.25. The SMILES string of the molecule is CCOC(=O)C1=C(C)N=c2s/c(=C\c3ccc(-c4ccc(C(=O)O)cc4)o3)c(=O)n2[C@H]1c1ccc(OCC)c(OCC)c1. The van der Waals surface area contributed by atoms with Crippen molar-refractivity contribution in [2.24, 2.45) is 4.99 Å². The molecule has 0 unspecified atom stereocenters. The van der Waals surface area contributed by atoms with Gasteiger partial charge in [-0.05, 0) is 69.7 Å². The van der Waals surface area contributed by atoms with Crippen LogP contribution in [-0.4, -0.2) is 41.4 Å². The number of carbonyl (C=O) groups excluding carboxylic acids is 1. The van der Waals surface area contributed by atoms with Crippen LogP contribution in [0.4, 0.5) is 0 Å². The Hall–Kier alpha value is -4.90. The first-order valence-electron chi connectivity index (χ1n) is 13.8. The number of aromatic carboxylic acids is 1. The number of rotatable bonds is 10. The summed E-state index contributed by atoms with van der Waals surface area (Å²) < 4.78 is 24.8. The van der Waals surface area contributed by atoms with E-state index in [1.54, 1.807) is 56.3 Å². The van der Waals surface area contributed by atoms with Gasteiger partial charge < -0.3 is 23.7 Å². The third-order valence-corrected chi connectivity index (χ3v) is 7.70. The number of benzene rings is 2. The fourth-order valence-electron chi connectivity index (χ4n) is 4.84. The van der Waals surface area contributed by atoms with E-state index in [1.807, 2.05) is 19.9 Å². The largest absolute Gasteiger partial charge is 0.490 e. The second kappa shape index (κ2) is 12.5. The summed E-state index contributed by atoms with van der Waals surface area (Å²) in [5.74, 6) is 0.444. The molecule has 1 atom stereocenters. The van der Waals surface area contributed by atoms with Crippen molar-refractivity contribution in [3.8, 4) is 22.8 Å². The summed E-state index contributed by atoms with van der Waals surface area (Å²) >= 11 is 1.18. The molecule has 3 heterocycles. The molecule has 10 nitrogen and oxygen atoms in total. The second-order valence-electron chi connectivity index (χ2n) is 9.46. The van der Waals surface area contributed by atoms with Gasteiger partial charge in [-0.15, -0.1) is 0 Å². The van der Waals surface area contributed by atoms with Crippen molar-refractivity contribution in [1.82, 2.24) is 4.57 Å². The van der Waals surface area contributed by atoms with Gasteiger partial charge in [0, 0.05) is 11.6 Å². The molecule has 0 saturated carbocycles. The smallest absolute Gasteiger partial charge is 0.338 e. The standard InChI is InChI=1S/C32H30N2O8S/c1-5-39-24-14-12-21(16-25(24)40-6-2)28-27(31(38)41-7-3)18(4)33-32-34(28)29(35)26(43-32)17-22-13-15-23(42-22)19-8-10-20(11-9-19)30(36)37/h8-17,28H,5-7H2,1-4H3,(H,36,37)/b26-17-/t28-/m0/s1. The van der Waals surface area contributed by atoms with Gasteiger partial charge in [0.05, 0.1) is 47.2 Å². The third-order valence-electron chi connectivity index (χ3n) is 6.72. The molecule has 5 rings (SSSR count). The van der Waals surface area contributed by atoms with Crippen LogP contribution in [0.3, 0.4) is 0 Å². The lowest BCUT2D eigenvalue weighted by atomic mass is 9.95. The maximum absolute atomic E-state index is 13.9. The Balaban J connectivity index is 1.61. The molecular weight excluding hydrogens is 572 g/mol. The minimum Gasteiger partial charge on any atom is -0.490 e. The van der Waals surface area contributed by atoms with E-state index in [0.29, 0.717) is 62.4 Å². The first-order valence-corrected chi connectivity index (χ1v) is 14.6. The molecule has 0 aliphatic carbocycles. The summed E-state index contributed by atoms with van der Waals surface area (Å²) in [7, 11) is 0. The highest BCUT2D eigenvalue weighted by Crippen LogP contribution is 2.36. The molecule has 2 aromatic carbocycles. The van der Waals surface area contributed by atoms with Gasteiger partial charge in [-0.25, -0.2) is 14.6 Å². The number of carboxylic acids is 1. The molecule has 0 saturated heterocycles. The highest BCUT2D eigenvalue weighted by Gasteiger charge is 2.34. The normalized spacial score (nSPS) is 14.7. The van der Waals surface area contributed by atoms with Crippen LogP contribution in [-0.2, 0) is 9.53 Å². The molecular formula is C32H30N2O8S. The predicted molar refractivity (Wildman–Crippen MR) is 160 cm³/mol. The molecule has 222 valence electrons. The van der Waals surface area contributed by atoms with Crippen LogP contribution in [0, 0.1) is 0 Å². The molecule has 0 fully saturated rings. The van der Waals surface area contributed by atoms with Gasteiger partial charge in [-0.2, -0.15) is 0 Å². The van der Waals surface area contributed by atoms with Crippen molar-refractivity contribution in [2.75, 3.05) is 19.8 Å². The summed E-state index contributed by atoms with van der Waals surface area (Å²) in [5.41, 5.74) is 1.87. The van der Waals surface area contributed by atoms with E-state index < -0.39 is 18.0 Å². The van der Waals surface area contributed by atoms with E-state index in [9.17, 15) is 14.4 Å². The number of aromatic nitrogens is 1. The van der Waals surface area contributed by atoms with E-state index in [2.05, 4.69) is 4.99 Å². The maximum Gasteiger partial charge on any atom is 0.338 e. The van der Waals surface area contributed by atoms with Gasteiger partial charge in [-0.1, -0.05) is 29.5 Å². The molecule has 4 aromatic rings. The number of allylic oxidation sites excluding steroid dienone is 1. The Bertz CT molecular complexity index is 1900. The van der Waals surface area contributed by atoms with Crippen molar-refractivity contribution in [2.45, 2.75) is 33.7 Å². The van der Waals surface area contributed by atoms with Crippen LogP contribution < -0.4 is 24.4 Å². The molecule has 1 aliphatic heterocycles. The van der Waals surface area contributed by atoms with Gasteiger partial charge in [-0.3, -0.25) is 9.36 Å².